The molecule has 3 aromatic heterocycles. The molecule has 4 aromatic rings. The summed E-state index contributed by atoms with van der Waals surface area (Å²) in [6.45, 7) is 3.41. The topological polar surface area (TPSA) is 81.8 Å². The van der Waals surface area contributed by atoms with Crippen LogP contribution in [0, 0.1) is 6.92 Å². The number of nitrogens with zero attached hydrogens (tertiary/aromatic N) is 4. The van der Waals surface area contributed by atoms with Gasteiger partial charge in [0.25, 0.3) is 5.56 Å². The molecule has 1 aliphatic carbocycles. The first-order valence-electron chi connectivity index (χ1n) is 11.4. The predicted molar refractivity (Wildman–Crippen MR) is 130 cm³/mol. The number of aromatic nitrogens is 4. The molecule has 8 heteroatoms. The van der Waals surface area contributed by atoms with E-state index in [1.54, 1.807) is 33.1 Å². The molecule has 0 saturated heterocycles. The minimum absolute atomic E-state index is 0.0902. The number of hydrogen-bond donors (Lipinski definition) is 1. The summed E-state index contributed by atoms with van der Waals surface area (Å²) in [5.41, 5.74) is 2.26. The van der Waals surface area contributed by atoms with Gasteiger partial charge in [0.05, 0.1) is 24.7 Å². The number of carbonyl (C=O) groups is 1. The highest BCUT2D eigenvalue weighted by Crippen LogP contribution is 2.43. The van der Waals surface area contributed by atoms with Crippen LogP contribution in [0.2, 0.25) is 0 Å². The molecule has 0 bridgehead atoms. The lowest BCUT2D eigenvalue weighted by Gasteiger charge is -2.26. The molecular formula is C25H27N5O2S. The van der Waals surface area contributed by atoms with Crippen molar-refractivity contribution in [2.24, 2.45) is 0 Å². The number of rotatable bonds is 7. The zero-order valence-corrected chi connectivity index (χ0v) is 19.5. The lowest BCUT2D eigenvalue weighted by Crippen LogP contribution is -2.43. The summed E-state index contributed by atoms with van der Waals surface area (Å²) in [6.07, 6.45) is 7.10. The van der Waals surface area contributed by atoms with Crippen LogP contribution < -0.4 is 10.9 Å². The molecule has 1 aromatic carbocycles. The van der Waals surface area contributed by atoms with Crippen LogP contribution in [0.4, 0.5) is 0 Å². The van der Waals surface area contributed by atoms with Gasteiger partial charge in [0.15, 0.2) is 5.65 Å². The predicted octanol–water partition coefficient (Wildman–Crippen LogP) is 3.64. The van der Waals surface area contributed by atoms with Crippen LogP contribution in [0.3, 0.4) is 0 Å². The number of thiophene rings is 1. The van der Waals surface area contributed by atoms with Crippen molar-refractivity contribution in [3.8, 4) is 0 Å². The van der Waals surface area contributed by atoms with E-state index in [-0.39, 0.29) is 11.5 Å². The third kappa shape index (κ3) is 3.99. The lowest BCUT2D eigenvalue weighted by molar-refractivity contribution is -0.126. The molecule has 33 heavy (non-hydrogen) atoms. The van der Waals surface area contributed by atoms with Gasteiger partial charge in [-0.05, 0) is 42.3 Å². The fraction of sp³-hybridized carbons (Fsp3) is 0.360. The molecule has 0 atom stereocenters. The van der Waals surface area contributed by atoms with Gasteiger partial charge in [-0.15, -0.1) is 11.3 Å². The Kier molecular flexibility index (Phi) is 5.85. The molecule has 0 radical (unpaired) electrons. The van der Waals surface area contributed by atoms with E-state index < -0.39 is 5.41 Å². The Morgan fingerprint density at radius 1 is 1.18 bits per heavy atom. The van der Waals surface area contributed by atoms with E-state index in [4.69, 9.17) is 0 Å². The van der Waals surface area contributed by atoms with E-state index in [1.807, 2.05) is 42.6 Å². The number of fused-ring (bicyclic) bond motifs is 1. The quantitative estimate of drug-likeness (QED) is 0.456. The van der Waals surface area contributed by atoms with Crippen molar-refractivity contribution in [2.75, 3.05) is 6.54 Å². The number of aryl methyl sites for hydroxylation is 1. The maximum absolute atomic E-state index is 13.2. The average molecular weight is 462 g/mol. The van der Waals surface area contributed by atoms with Crippen molar-refractivity contribution in [3.63, 3.8) is 0 Å². The van der Waals surface area contributed by atoms with E-state index in [0.29, 0.717) is 30.7 Å². The summed E-state index contributed by atoms with van der Waals surface area (Å²) in [5.74, 6) is 0.0902. The van der Waals surface area contributed by atoms with Crippen molar-refractivity contribution in [1.29, 1.82) is 0 Å². The van der Waals surface area contributed by atoms with Gasteiger partial charge in [-0.2, -0.15) is 5.10 Å². The van der Waals surface area contributed by atoms with Gasteiger partial charge in [0, 0.05) is 11.4 Å². The Hall–Kier alpha value is -3.26. The van der Waals surface area contributed by atoms with Crippen LogP contribution in [-0.2, 0) is 23.3 Å². The maximum atomic E-state index is 13.2. The Morgan fingerprint density at radius 2 is 2.00 bits per heavy atom. The zero-order valence-electron chi connectivity index (χ0n) is 18.7. The van der Waals surface area contributed by atoms with Crippen LogP contribution in [0.1, 0.15) is 41.7 Å². The SMILES string of the molecule is Cc1ccccc1Cn1cnc2c(cnn2CCNC(=O)C2(c3cccs3)CCCC2)c1=O. The van der Waals surface area contributed by atoms with Gasteiger partial charge in [-0.1, -0.05) is 43.2 Å². The maximum Gasteiger partial charge on any atom is 0.264 e. The first-order chi connectivity index (χ1) is 16.1. The van der Waals surface area contributed by atoms with Gasteiger partial charge in [-0.3, -0.25) is 14.2 Å². The highest BCUT2D eigenvalue weighted by Gasteiger charge is 2.43. The van der Waals surface area contributed by atoms with Crippen molar-refractivity contribution < 1.29 is 4.79 Å². The van der Waals surface area contributed by atoms with Gasteiger partial charge in [-0.25, -0.2) is 9.67 Å². The Balaban J connectivity index is 1.29. The molecule has 0 aliphatic heterocycles. The standard InChI is InChI=1S/C25H27N5O2S/c1-18-7-2-3-8-19(18)16-29-17-27-22-20(23(29)31)15-28-30(22)13-12-26-24(32)25(10-4-5-11-25)21-9-6-14-33-21/h2-3,6-9,14-15,17H,4-5,10-13,16H2,1H3,(H,26,32). The molecule has 1 amide bonds. The summed E-state index contributed by atoms with van der Waals surface area (Å²) in [5, 5.41) is 10.0. The molecular weight excluding hydrogens is 434 g/mol. The molecule has 3 heterocycles. The Morgan fingerprint density at radius 3 is 2.76 bits per heavy atom. The van der Waals surface area contributed by atoms with E-state index in [0.717, 1.165) is 41.7 Å². The largest absolute Gasteiger partial charge is 0.353 e. The molecule has 1 N–H and O–H groups in total. The highest BCUT2D eigenvalue weighted by molar-refractivity contribution is 7.10. The summed E-state index contributed by atoms with van der Waals surface area (Å²) in [4.78, 5) is 31.8. The van der Waals surface area contributed by atoms with Crippen LogP contribution in [-0.4, -0.2) is 31.8 Å². The monoisotopic (exact) mass is 461 g/mol. The van der Waals surface area contributed by atoms with E-state index in [1.165, 1.54) is 0 Å². The Bertz CT molecular complexity index is 1330. The van der Waals surface area contributed by atoms with Crippen molar-refractivity contribution in [2.45, 2.75) is 51.1 Å². The molecule has 1 saturated carbocycles. The molecule has 1 fully saturated rings. The van der Waals surface area contributed by atoms with Gasteiger partial charge in [0.1, 0.15) is 11.7 Å². The second kappa shape index (κ2) is 8.94. The third-order valence-electron chi connectivity index (χ3n) is 6.72. The minimum Gasteiger partial charge on any atom is -0.353 e. The van der Waals surface area contributed by atoms with Crippen molar-refractivity contribution >= 4 is 28.3 Å². The normalized spacial score (nSPS) is 15.2. The molecule has 0 unspecified atom stereocenters. The van der Waals surface area contributed by atoms with Crippen molar-refractivity contribution in [3.05, 3.63) is 80.7 Å². The summed E-state index contributed by atoms with van der Waals surface area (Å²) in [6, 6.07) is 12.1. The van der Waals surface area contributed by atoms with Gasteiger partial charge < -0.3 is 5.32 Å². The Labute approximate surface area is 196 Å². The number of benzene rings is 1. The van der Waals surface area contributed by atoms with E-state index in [2.05, 4.69) is 21.5 Å². The van der Waals surface area contributed by atoms with Crippen LogP contribution in [0.25, 0.3) is 11.0 Å². The third-order valence-corrected chi connectivity index (χ3v) is 7.79. The number of nitrogens with one attached hydrogen (secondary N) is 1. The van der Waals surface area contributed by atoms with Gasteiger partial charge >= 0.3 is 0 Å². The fourth-order valence-electron chi connectivity index (χ4n) is 4.80. The number of carbonyl (C=O) groups excluding carboxylic acids is 1. The highest BCUT2D eigenvalue weighted by atomic mass is 32.1. The fourth-order valence-corrected chi connectivity index (χ4v) is 5.79. The number of amides is 1. The summed E-state index contributed by atoms with van der Waals surface area (Å²) in [7, 11) is 0. The van der Waals surface area contributed by atoms with E-state index in [9.17, 15) is 9.59 Å². The summed E-state index contributed by atoms with van der Waals surface area (Å²) >= 11 is 1.66. The smallest absolute Gasteiger partial charge is 0.264 e. The molecule has 5 rings (SSSR count). The molecule has 1 aliphatic rings. The minimum atomic E-state index is -0.401. The molecule has 0 spiro atoms. The van der Waals surface area contributed by atoms with Crippen LogP contribution in [0.15, 0.2) is 59.1 Å². The first kappa shape index (κ1) is 21.6. The second-order valence-corrected chi connectivity index (χ2v) is 9.68. The number of hydrogen-bond acceptors (Lipinski definition) is 5. The van der Waals surface area contributed by atoms with Crippen LogP contribution >= 0.6 is 11.3 Å². The molecule has 7 nitrogen and oxygen atoms in total. The average Bonchev–Trinajstić information content (AvgIpc) is 3.58. The van der Waals surface area contributed by atoms with E-state index >= 15 is 0 Å². The lowest BCUT2D eigenvalue weighted by atomic mass is 9.83. The zero-order chi connectivity index (χ0) is 22.8. The van der Waals surface area contributed by atoms with Crippen molar-refractivity contribution in [1.82, 2.24) is 24.6 Å². The van der Waals surface area contributed by atoms with Crippen LogP contribution in [0.5, 0.6) is 0 Å². The first-order valence-corrected chi connectivity index (χ1v) is 12.2. The van der Waals surface area contributed by atoms with Gasteiger partial charge in [0.2, 0.25) is 5.91 Å². The molecule has 170 valence electrons. The second-order valence-electron chi connectivity index (χ2n) is 8.73. The summed E-state index contributed by atoms with van der Waals surface area (Å²) < 4.78 is 3.31.